The minimum absolute atomic E-state index is 0. The van der Waals surface area contributed by atoms with Gasteiger partial charge in [0.1, 0.15) is 0 Å². The quantitative estimate of drug-likeness (QED) is 0.0469. The van der Waals surface area contributed by atoms with Crippen molar-refractivity contribution in [1.82, 2.24) is 39.0 Å². The summed E-state index contributed by atoms with van der Waals surface area (Å²) in [6.45, 7) is 1.02. The molecule has 4 aromatic heterocycles. The van der Waals surface area contributed by atoms with Crippen LogP contribution < -0.4 is 61.2 Å². The molecule has 0 amide bonds. The van der Waals surface area contributed by atoms with Crippen LogP contribution in [0.15, 0.2) is 36.9 Å². The molecule has 0 bridgehead atoms. The second-order valence-electron chi connectivity index (χ2n) is 19.6. The first-order valence-corrected chi connectivity index (χ1v) is 25.8. The highest BCUT2D eigenvalue weighted by Crippen LogP contribution is 2.41. The molecule has 76 heavy (non-hydrogen) atoms. The Balaban J connectivity index is 0.000000267. The van der Waals surface area contributed by atoms with E-state index in [1.54, 1.807) is 42.7 Å². The second-order valence-corrected chi connectivity index (χ2v) is 19.6. The van der Waals surface area contributed by atoms with Crippen molar-refractivity contribution >= 4 is 95.5 Å². The minimum Gasteiger partial charge on any atom is -0.493 e. The molecule has 0 saturated heterocycles. The van der Waals surface area contributed by atoms with Crippen LogP contribution in [0.2, 0.25) is 0 Å². The van der Waals surface area contributed by atoms with Crippen LogP contribution >= 0.6 is 49.6 Å². The molecule has 6 aromatic rings. The molecular formula is C52H78Cl4N14O6. The van der Waals surface area contributed by atoms with E-state index in [1.165, 1.54) is 25.7 Å². The number of nitrogens with zero attached hydrogens (tertiary/aromatic N) is 8. The number of benzene rings is 2. The van der Waals surface area contributed by atoms with Crippen molar-refractivity contribution < 1.29 is 28.4 Å². The minimum atomic E-state index is 0. The van der Waals surface area contributed by atoms with E-state index in [4.69, 9.17) is 69.8 Å². The highest BCUT2D eigenvalue weighted by Gasteiger charge is 2.27. The first kappa shape index (κ1) is 61.5. The average Bonchev–Trinajstić information content (AvgIpc) is 4.27. The van der Waals surface area contributed by atoms with Crippen LogP contribution in [0.1, 0.15) is 126 Å². The molecule has 4 aliphatic rings. The van der Waals surface area contributed by atoms with E-state index in [1.807, 2.05) is 36.9 Å². The number of fused-ring (bicyclic) bond motifs is 2. The normalized spacial score (nSPS) is 19.4. The van der Waals surface area contributed by atoms with Crippen LogP contribution in [0.5, 0.6) is 34.5 Å². The highest BCUT2D eigenvalue weighted by atomic mass is 35.5. The fourth-order valence-corrected chi connectivity index (χ4v) is 10.8. The molecule has 0 unspecified atom stereocenters. The van der Waals surface area contributed by atoms with Gasteiger partial charge in [0.05, 0.1) is 55.3 Å². The van der Waals surface area contributed by atoms with Crippen molar-refractivity contribution in [3.05, 3.63) is 48.0 Å². The zero-order chi connectivity index (χ0) is 50.1. The second kappa shape index (κ2) is 28.8. The molecule has 10 rings (SSSR count). The number of hydrogen-bond acceptors (Lipinski definition) is 18. The average molecular weight is 1140 g/mol. The van der Waals surface area contributed by atoms with Gasteiger partial charge in [-0.05, 0) is 112 Å². The predicted molar refractivity (Wildman–Crippen MR) is 309 cm³/mol. The number of hydrogen-bond donors (Lipinski definition) is 6. The maximum Gasteiger partial charge on any atom is 0.227 e. The largest absolute Gasteiger partial charge is 0.493 e. The van der Waals surface area contributed by atoms with Crippen molar-refractivity contribution in [2.75, 3.05) is 63.9 Å². The fraction of sp³-hybridized carbons (Fsp3) is 0.577. The lowest BCUT2D eigenvalue weighted by atomic mass is 9.92. The van der Waals surface area contributed by atoms with Crippen LogP contribution in [-0.2, 0) is 13.1 Å². The molecule has 0 aliphatic heterocycles. The van der Waals surface area contributed by atoms with E-state index in [-0.39, 0.29) is 49.6 Å². The highest BCUT2D eigenvalue weighted by molar-refractivity contribution is 5.86. The predicted octanol–water partition coefficient (Wildman–Crippen LogP) is 10.2. The van der Waals surface area contributed by atoms with Gasteiger partial charge in [-0.15, -0.1) is 49.6 Å². The molecule has 4 saturated carbocycles. The monoisotopic (exact) mass is 1130 g/mol. The molecular weight excluding hydrogens is 1060 g/mol. The molecule has 8 N–H and O–H groups in total. The number of ether oxygens (including phenoxy) is 6. The number of methoxy groups -OCH3 is 6. The third-order valence-corrected chi connectivity index (χ3v) is 14.9. The van der Waals surface area contributed by atoms with Crippen LogP contribution in [0, 0.1) is 0 Å². The molecule has 4 fully saturated rings. The molecule has 2 aromatic carbocycles. The molecule has 4 heterocycles. The van der Waals surface area contributed by atoms with E-state index in [0.29, 0.717) is 107 Å². The molecule has 0 spiro atoms. The molecule has 24 heteroatoms. The third kappa shape index (κ3) is 14.2. The van der Waals surface area contributed by atoms with E-state index >= 15 is 0 Å². The summed E-state index contributed by atoms with van der Waals surface area (Å²) in [4.78, 5) is 29.1. The number of nitrogens with two attached hydrogens (primary N) is 2. The first-order chi connectivity index (χ1) is 35.2. The molecule has 420 valence electrons. The van der Waals surface area contributed by atoms with Crippen LogP contribution in [0.3, 0.4) is 0 Å². The lowest BCUT2D eigenvalue weighted by molar-refractivity contribution is 0.324. The number of rotatable bonds is 18. The fourth-order valence-electron chi connectivity index (χ4n) is 10.8. The Morgan fingerprint density at radius 1 is 0.461 bits per heavy atom. The zero-order valence-corrected chi connectivity index (χ0v) is 47.7. The summed E-state index contributed by atoms with van der Waals surface area (Å²) < 4.78 is 37.5. The van der Waals surface area contributed by atoms with E-state index in [0.717, 1.165) is 111 Å². The Kier molecular flexibility index (Phi) is 23.3. The summed E-state index contributed by atoms with van der Waals surface area (Å²) in [6.07, 6.45) is 21.6. The summed E-state index contributed by atoms with van der Waals surface area (Å²) in [6, 6.07) is 9.88. The molecule has 20 nitrogen and oxygen atoms in total. The Morgan fingerprint density at radius 3 is 1.09 bits per heavy atom. The summed E-state index contributed by atoms with van der Waals surface area (Å²) in [5, 5.41) is 14.1. The Labute approximate surface area is 470 Å². The Hall–Kier alpha value is -5.38. The maximum absolute atomic E-state index is 6.11. The number of anilines is 4. The lowest BCUT2D eigenvalue weighted by Gasteiger charge is -2.27. The molecule has 0 radical (unpaired) electrons. The van der Waals surface area contributed by atoms with Gasteiger partial charge in [-0.3, -0.25) is 0 Å². The standard InChI is InChI=1S/2C26H37N7O3.4ClH/c2*1-34-20-12-16(13-21(35-2)23(20)36-3)14-28-24-22-25(33(15-29-22)19-6-4-5-7-19)32-26(31-24)30-18-10-8-17(27)9-11-18;;;;/h2*12-13,15,17-19H,4-11,14,27H2,1-3H3,(H2,28,30,31,32);4*1H/t17-,18-;;;;;. The van der Waals surface area contributed by atoms with Gasteiger partial charge in [0.2, 0.25) is 23.4 Å². The Bertz CT molecular complexity index is 2530. The van der Waals surface area contributed by atoms with Gasteiger partial charge in [-0.25, -0.2) is 9.97 Å². The topological polar surface area (TPSA) is 243 Å². The number of halogens is 4. The van der Waals surface area contributed by atoms with Crippen molar-refractivity contribution in [1.29, 1.82) is 0 Å². The van der Waals surface area contributed by atoms with Gasteiger partial charge in [0.15, 0.2) is 57.0 Å². The van der Waals surface area contributed by atoms with Gasteiger partial charge < -0.3 is 70.3 Å². The van der Waals surface area contributed by atoms with Gasteiger partial charge in [0.25, 0.3) is 0 Å². The summed E-state index contributed by atoms with van der Waals surface area (Å²) in [5.41, 5.74) is 17.5. The van der Waals surface area contributed by atoms with Crippen LogP contribution in [0.25, 0.3) is 22.3 Å². The van der Waals surface area contributed by atoms with Crippen LogP contribution in [-0.4, -0.2) is 106 Å². The summed E-state index contributed by atoms with van der Waals surface area (Å²) in [5.74, 6) is 6.29. The van der Waals surface area contributed by atoms with Gasteiger partial charge >= 0.3 is 0 Å². The van der Waals surface area contributed by atoms with Crippen LogP contribution in [0.4, 0.5) is 23.5 Å². The third-order valence-electron chi connectivity index (χ3n) is 14.9. The number of nitrogens with one attached hydrogen (secondary N) is 4. The molecule has 0 atom stereocenters. The lowest BCUT2D eigenvalue weighted by Crippen LogP contribution is -2.33. The van der Waals surface area contributed by atoms with Crippen molar-refractivity contribution in [2.24, 2.45) is 11.5 Å². The van der Waals surface area contributed by atoms with E-state index in [2.05, 4.69) is 30.4 Å². The summed E-state index contributed by atoms with van der Waals surface area (Å²) in [7, 11) is 9.68. The van der Waals surface area contributed by atoms with Crippen molar-refractivity contribution in [2.45, 2.75) is 152 Å². The van der Waals surface area contributed by atoms with E-state index in [9.17, 15) is 0 Å². The van der Waals surface area contributed by atoms with Gasteiger partial charge in [0, 0.05) is 49.3 Å². The smallest absolute Gasteiger partial charge is 0.227 e. The SMILES string of the molecule is COc1cc(CNc2nc(NC3CCC(N)CC3)nc3c2ncn3C2CCCC2)cc(OC)c1OC.COc1cc(CNc2nc(N[C@H]3CC[C@H](N)CC3)nc3c2ncn3C2CCCC2)cc(OC)c1OC.Cl.Cl.Cl.Cl. The van der Waals surface area contributed by atoms with Crippen molar-refractivity contribution in [3.8, 4) is 34.5 Å². The zero-order valence-electron chi connectivity index (χ0n) is 44.5. The van der Waals surface area contributed by atoms with Gasteiger partial charge in [-0.1, -0.05) is 25.7 Å². The number of imidazole rings is 2. The molecule has 4 aliphatic carbocycles. The van der Waals surface area contributed by atoms with Crippen molar-refractivity contribution in [3.63, 3.8) is 0 Å². The van der Waals surface area contributed by atoms with Gasteiger partial charge in [-0.2, -0.15) is 19.9 Å². The first-order valence-electron chi connectivity index (χ1n) is 25.8. The number of aromatic nitrogens is 8. The summed E-state index contributed by atoms with van der Waals surface area (Å²) >= 11 is 0. The van der Waals surface area contributed by atoms with E-state index < -0.39 is 0 Å². The maximum atomic E-state index is 6.11. The Morgan fingerprint density at radius 2 is 0.789 bits per heavy atom.